The average Bonchev–Trinajstić information content (AvgIpc) is 3.93. The van der Waals surface area contributed by atoms with E-state index in [1.165, 1.54) is 45.3 Å². The van der Waals surface area contributed by atoms with Gasteiger partial charge in [-0.3, -0.25) is 0 Å². The number of amidine groups is 1. The normalized spacial score (nSPS) is 27.9. The Bertz CT molecular complexity index is 1510. The Kier molecular flexibility index (Phi) is 31.1. The Morgan fingerprint density at radius 3 is 1.41 bits per heavy atom. The van der Waals surface area contributed by atoms with Gasteiger partial charge in [0.2, 0.25) is 0 Å². The second-order valence-electron chi connectivity index (χ2n) is 15.1. The molecule has 3 nitrogen and oxygen atoms in total. The number of halogens is 7. The van der Waals surface area contributed by atoms with Crippen molar-refractivity contribution in [1.82, 2.24) is 4.90 Å². The summed E-state index contributed by atoms with van der Waals surface area (Å²) in [5.41, 5.74) is 5.62. The molecule has 58 heavy (non-hydrogen) atoms. The van der Waals surface area contributed by atoms with Crippen LogP contribution < -0.4 is 4.90 Å². The van der Waals surface area contributed by atoms with E-state index in [2.05, 4.69) is 148 Å². The van der Waals surface area contributed by atoms with E-state index in [0.29, 0.717) is 5.84 Å². The van der Waals surface area contributed by atoms with Gasteiger partial charge in [0.1, 0.15) is 0 Å². The van der Waals surface area contributed by atoms with E-state index in [1.807, 2.05) is 46.6 Å². The molecule has 2 saturated carbocycles. The molecule has 0 radical (unpaired) electrons. The zero-order valence-electron chi connectivity index (χ0n) is 36.6. The van der Waals surface area contributed by atoms with E-state index in [0.717, 1.165) is 75.6 Å². The molecule has 2 aromatic carbocycles. The summed E-state index contributed by atoms with van der Waals surface area (Å²) in [7, 11) is 24.7. The molecule has 10 atom stereocenters. The molecule has 0 N–H and O–H groups in total. The number of para-hydroxylation sites is 1. The Morgan fingerprint density at radius 2 is 1.09 bits per heavy atom. The molecular weight excluding hydrogens is 1070 g/mol. The molecule has 0 amide bonds. The van der Waals surface area contributed by atoms with E-state index in [4.69, 9.17) is 46.5 Å². The number of aryl methyl sites for hydroxylation is 2. The van der Waals surface area contributed by atoms with Gasteiger partial charge in [-0.15, -0.1) is 23.5 Å². The van der Waals surface area contributed by atoms with Crippen LogP contribution in [0.25, 0.3) is 5.41 Å². The van der Waals surface area contributed by atoms with Crippen molar-refractivity contribution >= 4 is 113 Å². The summed E-state index contributed by atoms with van der Waals surface area (Å²) in [6, 6.07) is 14.2. The number of anilines is 1. The Labute approximate surface area is 415 Å². The predicted octanol–water partition coefficient (Wildman–Crippen LogP) is 17.1. The first-order valence-electron chi connectivity index (χ1n) is 19.4. The number of nitrogens with zero attached hydrogens (tertiary/aromatic N) is 3. The number of benzene rings is 2. The van der Waals surface area contributed by atoms with Crippen molar-refractivity contribution in [3.8, 4) is 0 Å². The molecule has 14 heteroatoms. The van der Waals surface area contributed by atoms with E-state index in [1.54, 1.807) is 0 Å². The second-order valence-corrected chi connectivity index (χ2v) is 29.4. The van der Waals surface area contributed by atoms with Crippen molar-refractivity contribution in [1.29, 1.82) is 0 Å². The van der Waals surface area contributed by atoms with Gasteiger partial charge in [-0.2, -0.15) is 0 Å². The van der Waals surface area contributed by atoms with E-state index in [-0.39, 0.29) is 14.9 Å². The third-order valence-corrected chi connectivity index (χ3v) is 17.4. The van der Waals surface area contributed by atoms with Crippen LogP contribution in [0.3, 0.4) is 0 Å². The first-order valence-corrected chi connectivity index (χ1v) is 33.7. The molecule has 0 spiro atoms. The van der Waals surface area contributed by atoms with E-state index >= 15 is 0 Å². The first-order chi connectivity index (χ1) is 26.4. The summed E-state index contributed by atoms with van der Waals surface area (Å²) in [6.07, 6.45) is 0. The van der Waals surface area contributed by atoms with Gasteiger partial charge in [-0.1, -0.05) is 142 Å². The van der Waals surface area contributed by atoms with Crippen LogP contribution in [-0.2, 0) is 38.3 Å². The van der Waals surface area contributed by atoms with Crippen molar-refractivity contribution in [2.45, 2.75) is 93.2 Å². The van der Waals surface area contributed by atoms with Gasteiger partial charge in [0.15, 0.2) is 0 Å². The summed E-state index contributed by atoms with van der Waals surface area (Å²) >= 11 is 8.95. The maximum absolute atomic E-state index is 10.4. The van der Waals surface area contributed by atoms with Crippen LogP contribution in [0.15, 0.2) is 62.2 Å². The molecule has 7 rings (SSSR count). The van der Waals surface area contributed by atoms with Gasteiger partial charge in [0.25, 0.3) is 0 Å². The number of hydrogen-bond acceptors (Lipinski definition) is 3. The summed E-state index contributed by atoms with van der Waals surface area (Å²) in [6.45, 7) is 29.4. The molecule has 10 unspecified atom stereocenters. The van der Waals surface area contributed by atoms with Crippen molar-refractivity contribution in [2.24, 2.45) is 47.3 Å². The van der Waals surface area contributed by atoms with Gasteiger partial charge in [0, 0.05) is 31.3 Å². The minimum atomic E-state index is -1.92. The van der Waals surface area contributed by atoms with Gasteiger partial charge in [0.05, 0.1) is 0 Å². The third-order valence-electron chi connectivity index (χ3n) is 12.4. The van der Waals surface area contributed by atoms with Gasteiger partial charge < -0.3 is 30.1 Å². The number of fused-ring (bicyclic) bond motifs is 3. The molecule has 2 aromatic rings. The molecule has 328 valence electrons. The summed E-state index contributed by atoms with van der Waals surface area (Å²) < 4.78 is 2.89. The van der Waals surface area contributed by atoms with Crippen LogP contribution >= 0.6 is 102 Å². The molecule has 3 heterocycles. The third kappa shape index (κ3) is 16.4. The number of thioether (sulfide) groups is 2. The fourth-order valence-electron chi connectivity index (χ4n) is 8.49. The van der Waals surface area contributed by atoms with Crippen LogP contribution in [0.1, 0.15) is 84.6 Å². The number of hydrogen-bond donors (Lipinski definition) is 0. The molecular formula is C44H66Br2Cl5N3S2Ti2-2. The molecule has 2 aliphatic carbocycles. The zero-order valence-corrected chi connectivity index (χ0v) is 48.3. The van der Waals surface area contributed by atoms with E-state index < -0.39 is 31.7 Å². The average molecular weight is 1130 g/mol. The molecule has 0 saturated heterocycles. The molecule has 2 fully saturated rings. The predicted molar refractivity (Wildman–Crippen MR) is 270 cm³/mol. The fourth-order valence-corrected chi connectivity index (χ4v) is 13.9. The fraction of sp³-hybridized carbons (Fsp3) is 0.568. The molecule has 0 aromatic heterocycles. The van der Waals surface area contributed by atoms with Crippen molar-refractivity contribution in [2.75, 3.05) is 24.5 Å². The quantitative estimate of drug-likeness (QED) is 0.225. The van der Waals surface area contributed by atoms with Crippen molar-refractivity contribution in [3.05, 3.63) is 105 Å². The Hall–Kier alpha value is 1.89. The van der Waals surface area contributed by atoms with Gasteiger partial charge in [-0.05, 0) is 114 Å². The van der Waals surface area contributed by atoms with Crippen LogP contribution in [-0.4, -0.2) is 40.9 Å². The van der Waals surface area contributed by atoms with Gasteiger partial charge in [-0.25, -0.2) is 0 Å². The summed E-state index contributed by atoms with van der Waals surface area (Å²) in [5.74, 6) is 7.20. The van der Waals surface area contributed by atoms with Crippen molar-refractivity contribution < 1.29 is 31.7 Å². The monoisotopic (exact) mass is 1130 g/mol. The topological polar surface area (TPSA) is 28.8 Å². The molecule has 3 aliphatic heterocycles. The van der Waals surface area contributed by atoms with E-state index in [9.17, 15) is 5.41 Å². The number of rotatable bonds is 4. The van der Waals surface area contributed by atoms with Crippen LogP contribution in [0.5, 0.6) is 0 Å². The first kappa shape index (κ1) is 59.9. The Morgan fingerprint density at radius 1 is 0.707 bits per heavy atom. The molecule has 0 bridgehead atoms. The molecule has 5 aliphatic rings. The standard InChI is InChI=1S/C16H15N2.2C10H15BrS.C6H15N.2CH3.5ClH.2Ti/c1-11-6-5-7-12(2)15(11)18-10-13-8-3-4-9-14(13)16(18)17;2*1-5-6(2)9-8(11)4-12-10(9)7(5)3;1-4-7(5-2)6-3;;;;;;;;;/h3-9H,10H2,1-2H3;2*4-7,9-10H,1-3H3;4-6H2,1-3H3;2*1H3;5*1H;;/q-1;;;;2*-1;;;;;;+2;+4/p-5. The zero-order chi connectivity index (χ0) is 42.4. The second kappa shape index (κ2) is 30.2. The number of allylic oxidation sites excluding steroid dienone is 2. The SMILES string of the molecule is CC1C(C)C2SC=C(Br)C2C1C.CC1C(C)C2SC=C(Br)C2C1C.CCN(CC)CC.Cc1cccc(C)c1N1Cc2ccccc2C1=[N-].[CH3-].[CH3-].[Cl][Ti+]([Cl])[Cl].[Cl][Ti][Cl]. The minimum absolute atomic E-state index is 0. The van der Waals surface area contributed by atoms with Crippen LogP contribution in [0, 0.1) is 76.0 Å². The van der Waals surface area contributed by atoms with Gasteiger partial charge >= 0.3 is 78.2 Å². The maximum atomic E-state index is 10.4. The van der Waals surface area contributed by atoms with Crippen LogP contribution in [0.2, 0.25) is 0 Å². The summed E-state index contributed by atoms with van der Waals surface area (Å²) in [5, 5.41) is 16.7. The summed E-state index contributed by atoms with van der Waals surface area (Å²) in [4.78, 5) is 4.37. The Balaban J connectivity index is 0.000000727. The van der Waals surface area contributed by atoms with Crippen molar-refractivity contribution in [3.63, 3.8) is 0 Å². The van der Waals surface area contributed by atoms with Crippen LogP contribution in [0.4, 0.5) is 5.69 Å².